The highest BCUT2D eigenvalue weighted by Gasteiger charge is 2.30. The molecule has 140 valence electrons. The number of carbonyl (C=O) groups is 1. The van der Waals surface area contributed by atoms with E-state index in [9.17, 15) is 15.0 Å². The van der Waals surface area contributed by atoms with E-state index in [0.717, 1.165) is 11.1 Å². The molecule has 1 unspecified atom stereocenters. The molecule has 0 saturated carbocycles. The molecular formula is C21H33NO3. The molecular weight excluding hydrogens is 314 g/mol. The van der Waals surface area contributed by atoms with Gasteiger partial charge in [-0.05, 0) is 27.9 Å². The Kier molecular flexibility index (Phi) is 5.78. The molecule has 1 rings (SSSR count). The normalized spacial score (nSPS) is 14.8. The fourth-order valence-corrected chi connectivity index (χ4v) is 2.57. The van der Waals surface area contributed by atoms with E-state index >= 15 is 0 Å². The summed E-state index contributed by atoms with van der Waals surface area (Å²) in [6.07, 6.45) is 1.50. The topological polar surface area (TPSA) is 69.9 Å². The Morgan fingerprint density at radius 3 is 1.88 bits per heavy atom. The van der Waals surface area contributed by atoms with Crippen LogP contribution in [0.25, 0.3) is 0 Å². The average molecular weight is 347 g/mol. The second-order valence-corrected chi connectivity index (χ2v) is 9.85. The minimum Gasteiger partial charge on any atom is -0.507 e. The number of nitrogens with zero attached hydrogens (tertiary/aromatic N) is 1. The molecule has 0 bridgehead atoms. The first-order chi connectivity index (χ1) is 11.0. The predicted octanol–water partition coefficient (Wildman–Crippen LogP) is 4.91. The Bertz CT molecular complexity index is 668. The Morgan fingerprint density at radius 2 is 1.52 bits per heavy atom. The van der Waals surface area contributed by atoms with Crippen molar-refractivity contribution in [1.29, 1.82) is 0 Å². The zero-order valence-electron chi connectivity index (χ0n) is 17.1. The summed E-state index contributed by atoms with van der Waals surface area (Å²) < 4.78 is 0. The first kappa shape index (κ1) is 21.2. The zero-order valence-corrected chi connectivity index (χ0v) is 17.1. The molecule has 4 heteroatoms. The number of hydrogen-bond acceptors (Lipinski definition) is 3. The summed E-state index contributed by atoms with van der Waals surface area (Å²) in [6, 6.07) is 3.06. The number of phenols is 1. The van der Waals surface area contributed by atoms with Crippen LogP contribution in [-0.4, -0.2) is 28.4 Å². The molecule has 1 aromatic carbocycles. The molecule has 0 spiro atoms. The number of carboxylic acid groups (broad SMARTS) is 1. The number of hydrogen-bond donors (Lipinski definition) is 2. The van der Waals surface area contributed by atoms with Crippen molar-refractivity contribution in [3.8, 4) is 5.75 Å². The maximum absolute atomic E-state index is 11.5. The summed E-state index contributed by atoms with van der Waals surface area (Å²) in [5, 5.41) is 20.2. The van der Waals surface area contributed by atoms with E-state index in [-0.39, 0.29) is 16.6 Å². The van der Waals surface area contributed by atoms with Crippen LogP contribution in [0.15, 0.2) is 17.1 Å². The van der Waals surface area contributed by atoms with Crippen LogP contribution in [0.4, 0.5) is 0 Å². The van der Waals surface area contributed by atoms with Gasteiger partial charge in [0.1, 0.15) is 5.75 Å². The van der Waals surface area contributed by atoms with Gasteiger partial charge in [0.2, 0.25) is 0 Å². The SMILES string of the molecule is CC(C)(C)c1cc(C=NC(C(=O)O)C(C)(C)C)c(O)c(C(C)(C)C)c1. The molecule has 0 aliphatic heterocycles. The maximum atomic E-state index is 11.5. The van der Waals surface area contributed by atoms with Gasteiger partial charge in [0.05, 0.1) is 0 Å². The van der Waals surface area contributed by atoms with Crippen LogP contribution in [0.2, 0.25) is 0 Å². The monoisotopic (exact) mass is 347 g/mol. The first-order valence-electron chi connectivity index (χ1n) is 8.69. The number of aliphatic imine (C=N–C) groups is 1. The Morgan fingerprint density at radius 1 is 1.00 bits per heavy atom. The van der Waals surface area contributed by atoms with E-state index in [1.54, 1.807) is 0 Å². The van der Waals surface area contributed by atoms with Crippen molar-refractivity contribution in [3.05, 3.63) is 28.8 Å². The lowest BCUT2D eigenvalue weighted by Crippen LogP contribution is -2.32. The van der Waals surface area contributed by atoms with Crippen molar-refractivity contribution >= 4 is 12.2 Å². The van der Waals surface area contributed by atoms with Crippen LogP contribution in [-0.2, 0) is 15.6 Å². The van der Waals surface area contributed by atoms with E-state index in [4.69, 9.17) is 0 Å². The molecule has 25 heavy (non-hydrogen) atoms. The Labute approximate surface area is 152 Å². The predicted molar refractivity (Wildman–Crippen MR) is 104 cm³/mol. The van der Waals surface area contributed by atoms with Crippen molar-refractivity contribution < 1.29 is 15.0 Å². The lowest BCUT2D eigenvalue weighted by atomic mass is 9.79. The number of benzene rings is 1. The van der Waals surface area contributed by atoms with Gasteiger partial charge < -0.3 is 10.2 Å². The fourth-order valence-electron chi connectivity index (χ4n) is 2.57. The molecule has 4 nitrogen and oxygen atoms in total. The number of rotatable bonds is 3. The maximum Gasteiger partial charge on any atom is 0.328 e. The smallest absolute Gasteiger partial charge is 0.328 e. The van der Waals surface area contributed by atoms with Gasteiger partial charge >= 0.3 is 5.97 Å². The van der Waals surface area contributed by atoms with Gasteiger partial charge in [-0.15, -0.1) is 0 Å². The van der Waals surface area contributed by atoms with Crippen molar-refractivity contribution in [2.45, 2.75) is 79.2 Å². The lowest BCUT2D eigenvalue weighted by molar-refractivity contribution is -0.140. The Balaban J connectivity index is 3.54. The van der Waals surface area contributed by atoms with Gasteiger partial charge in [-0.25, -0.2) is 4.79 Å². The highest BCUT2D eigenvalue weighted by atomic mass is 16.4. The second-order valence-electron chi connectivity index (χ2n) is 9.85. The standard InChI is InChI=1S/C21H33NO3/c1-19(2,3)14-10-13(16(23)15(11-14)20(4,5)6)12-22-17(18(24)25)21(7,8)9/h10-12,17,23H,1-9H3,(H,24,25). The van der Waals surface area contributed by atoms with E-state index in [0.29, 0.717) is 5.56 Å². The Hall–Kier alpha value is -1.84. The molecule has 0 aromatic heterocycles. The molecule has 0 amide bonds. The van der Waals surface area contributed by atoms with E-state index in [2.05, 4.69) is 25.8 Å². The lowest BCUT2D eigenvalue weighted by Gasteiger charge is -2.27. The number of carboxylic acids is 1. The number of phenolic OH excluding ortho intramolecular Hbond substituents is 1. The van der Waals surface area contributed by atoms with Crippen molar-refractivity contribution in [2.24, 2.45) is 10.4 Å². The van der Waals surface area contributed by atoms with Gasteiger partial charge in [-0.2, -0.15) is 0 Å². The molecule has 1 atom stereocenters. The highest BCUT2D eigenvalue weighted by Crippen LogP contribution is 2.37. The average Bonchev–Trinajstić information content (AvgIpc) is 2.35. The molecule has 0 aliphatic carbocycles. The van der Waals surface area contributed by atoms with Crippen LogP contribution in [0, 0.1) is 5.41 Å². The first-order valence-corrected chi connectivity index (χ1v) is 8.69. The molecule has 0 radical (unpaired) electrons. The molecule has 0 aliphatic rings. The number of aliphatic carboxylic acids is 1. The van der Waals surface area contributed by atoms with Crippen LogP contribution in [0.3, 0.4) is 0 Å². The van der Waals surface area contributed by atoms with E-state index in [1.165, 1.54) is 6.21 Å². The largest absolute Gasteiger partial charge is 0.507 e. The molecule has 1 aromatic rings. The van der Waals surface area contributed by atoms with Crippen LogP contribution in [0.5, 0.6) is 5.75 Å². The second kappa shape index (κ2) is 6.81. The van der Waals surface area contributed by atoms with Gasteiger partial charge in [-0.1, -0.05) is 68.4 Å². The van der Waals surface area contributed by atoms with Crippen molar-refractivity contribution in [3.63, 3.8) is 0 Å². The third-order valence-electron chi connectivity index (χ3n) is 4.23. The molecule has 2 N–H and O–H groups in total. The minimum absolute atomic E-state index is 0.0908. The van der Waals surface area contributed by atoms with Crippen molar-refractivity contribution in [2.75, 3.05) is 0 Å². The summed E-state index contributed by atoms with van der Waals surface area (Å²) in [7, 11) is 0. The summed E-state index contributed by atoms with van der Waals surface area (Å²) in [5.74, 6) is -0.798. The summed E-state index contributed by atoms with van der Waals surface area (Å²) >= 11 is 0. The van der Waals surface area contributed by atoms with Crippen LogP contribution >= 0.6 is 0 Å². The summed E-state index contributed by atoms with van der Waals surface area (Å²) in [4.78, 5) is 15.8. The van der Waals surface area contributed by atoms with Gasteiger partial charge in [0, 0.05) is 17.3 Å². The third-order valence-corrected chi connectivity index (χ3v) is 4.23. The summed E-state index contributed by atoms with van der Waals surface area (Å²) in [5.41, 5.74) is 1.65. The van der Waals surface area contributed by atoms with E-state index < -0.39 is 17.4 Å². The van der Waals surface area contributed by atoms with Gasteiger partial charge in [-0.3, -0.25) is 4.99 Å². The highest BCUT2D eigenvalue weighted by molar-refractivity contribution is 5.87. The number of aromatic hydroxyl groups is 1. The van der Waals surface area contributed by atoms with Crippen LogP contribution < -0.4 is 0 Å². The minimum atomic E-state index is -0.966. The third kappa shape index (κ3) is 5.32. The molecule has 0 fully saturated rings. The molecule has 0 saturated heterocycles. The van der Waals surface area contributed by atoms with Crippen LogP contribution in [0.1, 0.15) is 79.0 Å². The van der Waals surface area contributed by atoms with Gasteiger partial charge in [0.25, 0.3) is 0 Å². The van der Waals surface area contributed by atoms with E-state index in [1.807, 2.05) is 53.7 Å². The van der Waals surface area contributed by atoms with Crippen molar-refractivity contribution in [1.82, 2.24) is 0 Å². The summed E-state index contributed by atoms with van der Waals surface area (Å²) in [6.45, 7) is 18.0. The zero-order chi connectivity index (χ0) is 19.8. The quantitative estimate of drug-likeness (QED) is 0.764. The fraction of sp³-hybridized carbons (Fsp3) is 0.619. The van der Waals surface area contributed by atoms with Gasteiger partial charge in [0.15, 0.2) is 6.04 Å². The molecule has 0 heterocycles.